The van der Waals surface area contributed by atoms with Crippen LogP contribution < -0.4 is 5.73 Å². The van der Waals surface area contributed by atoms with E-state index in [1.807, 2.05) is 37.4 Å². The molecule has 0 aliphatic heterocycles. The van der Waals surface area contributed by atoms with Crippen LogP contribution in [0.4, 0.5) is 0 Å². The summed E-state index contributed by atoms with van der Waals surface area (Å²) >= 11 is 1.71. The maximum absolute atomic E-state index is 12.1. The first-order valence-corrected chi connectivity index (χ1v) is 7.34. The Kier molecular flexibility index (Phi) is 5.69. The molecule has 18 heavy (non-hydrogen) atoms. The number of hydrogen-bond donors (Lipinski definition) is 1. The summed E-state index contributed by atoms with van der Waals surface area (Å²) in [6.07, 6.45) is 2.72. The fourth-order valence-electron chi connectivity index (χ4n) is 2.01. The molecule has 0 aliphatic rings. The van der Waals surface area contributed by atoms with Gasteiger partial charge in [-0.25, -0.2) is 0 Å². The summed E-state index contributed by atoms with van der Waals surface area (Å²) in [5.74, 6) is 0.628. The molecule has 1 rings (SSSR count). The number of methoxy groups -OCH3 is 1. The molecule has 100 valence electrons. The summed E-state index contributed by atoms with van der Waals surface area (Å²) < 4.78 is 4.96. The Morgan fingerprint density at radius 3 is 2.44 bits per heavy atom. The number of thioether (sulfide) groups is 1. The van der Waals surface area contributed by atoms with Gasteiger partial charge in [0.2, 0.25) is 0 Å². The Hall–Kier alpha value is -1.00. The number of carbonyl (C=O) groups is 1. The standard InChI is InChI=1S/C14H21NO2S/c1-11-4-6-12(7-5-11)14(10-15,8-9-18-3)13(16)17-2/h4-7H,8-10,15H2,1-3H3. The van der Waals surface area contributed by atoms with Gasteiger partial charge in [-0.05, 0) is 30.9 Å². The van der Waals surface area contributed by atoms with E-state index in [0.717, 1.165) is 11.3 Å². The van der Waals surface area contributed by atoms with Crippen LogP contribution >= 0.6 is 11.8 Å². The largest absolute Gasteiger partial charge is 0.468 e. The zero-order chi connectivity index (χ0) is 13.6. The average molecular weight is 267 g/mol. The van der Waals surface area contributed by atoms with Gasteiger partial charge in [0, 0.05) is 6.54 Å². The molecule has 0 amide bonds. The number of nitrogens with two attached hydrogens (primary N) is 1. The SMILES string of the molecule is COC(=O)C(CN)(CCSC)c1ccc(C)cc1. The Morgan fingerprint density at radius 1 is 1.39 bits per heavy atom. The third kappa shape index (κ3) is 3.06. The highest BCUT2D eigenvalue weighted by Gasteiger charge is 2.39. The molecule has 0 spiro atoms. The van der Waals surface area contributed by atoms with Crippen molar-refractivity contribution in [2.45, 2.75) is 18.8 Å². The summed E-state index contributed by atoms with van der Waals surface area (Å²) in [7, 11) is 1.42. The quantitative estimate of drug-likeness (QED) is 0.802. The van der Waals surface area contributed by atoms with Crippen molar-refractivity contribution in [3.8, 4) is 0 Å². The summed E-state index contributed by atoms with van der Waals surface area (Å²) in [6.45, 7) is 2.29. The monoisotopic (exact) mass is 267 g/mol. The lowest BCUT2D eigenvalue weighted by Gasteiger charge is -2.30. The van der Waals surface area contributed by atoms with E-state index in [-0.39, 0.29) is 12.5 Å². The van der Waals surface area contributed by atoms with Crippen LogP contribution in [-0.2, 0) is 14.9 Å². The van der Waals surface area contributed by atoms with Gasteiger partial charge in [-0.3, -0.25) is 4.79 Å². The summed E-state index contributed by atoms with van der Waals surface area (Å²) in [4.78, 5) is 12.1. The first kappa shape index (κ1) is 15.1. The molecule has 0 radical (unpaired) electrons. The van der Waals surface area contributed by atoms with Crippen LogP contribution in [0.25, 0.3) is 0 Å². The highest BCUT2D eigenvalue weighted by atomic mass is 32.2. The second-order valence-electron chi connectivity index (χ2n) is 4.39. The number of benzene rings is 1. The lowest BCUT2D eigenvalue weighted by Crippen LogP contribution is -2.44. The first-order valence-electron chi connectivity index (χ1n) is 5.95. The predicted octanol–water partition coefficient (Wildman–Crippen LogP) is 2.12. The van der Waals surface area contributed by atoms with E-state index >= 15 is 0 Å². The second kappa shape index (κ2) is 6.81. The van der Waals surface area contributed by atoms with Crippen LogP contribution in [0.15, 0.2) is 24.3 Å². The zero-order valence-corrected chi connectivity index (χ0v) is 12.0. The molecule has 0 heterocycles. The summed E-state index contributed by atoms with van der Waals surface area (Å²) in [5, 5.41) is 0. The van der Waals surface area contributed by atoms with Crippen LogP contribution in [0.1, 0.15) is 17.5 Å². The Morgan fingerprint density at radius 2 is 2.00 bits per heavy atom. The number of ether oxygens (including phenoxy) is 1. The van der Waals surface area contributed by atoms with Gasteiger partial charge in [0.05, 0.1) is 7.11 Å². The molecule has 1 aromatic rings. The third-order valence-corrected chi connectivity index (χ3v) is 3.87. The second-order valence-corrected chi connectivity index (χ2v) is 5.37. The van der Waals surface area contributed by atoms with Crippen molar-refractivity contribution in [3.05, 3.63) is 35.4 Å². The van der Waals surface area contributed by atoms with Crippen molar-refractivity contribution in [2.75, 3.05) is 25.7 Å². The van der Waals surface area contributed by atoms with Crippen molar-refractivity contribution in [2.24, 2.45) is 5.73 Å². The van der Waals surface area contributed by atoms with Crippen LogP contribution in [0.5, 0.6) is 0 Å². The smallest absolute Gasteiger partial charge is 0.317 e. The molecule has 1 aromatic carbocycles. The van der Waals surface area contributed by atoms with E-state index in [1.165, 1.54) is 12.7 Å². The molecule has 0 aliphatic carbocycles. The Balaban J connectivity index is 3.16. The molecule has 0 bridgehead atoms. The van der Waals surface area contributed by atoms with E-state index in [1.54, 1.807) is 11.8 Å². The molecule has 4 heteroatoms. The van der Waals surface area contributed by atoms with Gasteiger partial charge in [0.15, 0.2) is 0 Å². The molecule has 2 N–H and O–H groups in total. The summed E-state index contributed by atoms with van der Waals surface area (Å²) in [5.41, 5.74) is 7.28. The molecular formula is C14H21NO2S. The number of aryl methyl sites for hydroxylation is 1. The maximum atomic E-state index is 12.1. The number of hydrogen-bond acceptors (Lipinski definition) is 4. The van der Waals surface area contributed by atoms with Gasteiger partial charge < -0.3 is 10.5 Å². The van der Waals surface area contributed by atoms with E-state index in [9.17, 15) is 4.79 Å². The lowest BCUT2D eigenvalue weighted by atomic mass is 9.78. The summed E-state index contributed by atoms with van der Waals surface area (Å²) in [6, 6.07) is 7.95. The van der Waals surface area contributed by atoms with Crippen LogP contribution in [0, 0.1) is 6.92 Å². The third-order valence-electron chi connectivity index (χ3n) is 3.26. The van der Waals surface area contributed by atoms with Gasteiger partial charge in [-0.1, -0.05) is 29.8 Å². The predicted molar refractivity (Wildman–Crippen MR) is 76.9 cm³/mol. The first-order chi connectivity index (χ1) is 8.60. The topological polar surface area (TPSA) is 52.3 Å². The highest BCUT2D eigenvalue weighted by molar-refractivity contribution is 7.98. The average Bonchev–Trinajstić information content (AvgIpc) is 2.41. The van der Waals surface area contributed by atoms with Gasteiger partial charge in [0.1, 0.15) is 5.41 Å². The van der Waals surface area contributed by atoms with Gasteiger partial charge in [-0.2, -0.15) is 11.8 Å². The van der Waals surface area contributed by atoms with Crippen LogP contribution in [-0.4, -0.2) is 31.6 Å². The molecular weight excluding hydrogens is 246 g/mol. The maximum Gasteiger partial charge on any atom is 0.317 e. The molecule has 0 aromatic heterocycles. The number of carbonyl (C=O) groups excluding carboxylic acids is 1. The molecule has 1 atom stereocenters. The molecule has 1 unspecified atom stereocenters. The van der Waals surface area contributed by atoms with Crippen LogP contribution in [0.3, 0.4) is 0 Å². The van der Waals surface area contributed by atoms with E-state index in [4.69, 9.17) is 10.5 Å². The Bertz CT molecular complexity index is 391. The van der Waals surface area contributed by atoms with Crippen molar-refractivity contribution < 1.29 is 9.53 Å². The number of rotatable bonds is 6. The number of esters is 1. The van der Waals surface area contributed by atoms with Gasteiger partial charge in [-0.15, -0.1) is 0 Å². The molecule has 0 fully saturated rings. The van der Waals surface area contributed by atoms with E-state index in [2.05, 4.69) is 0 Å². The minimum Gasteiger partial charge on any atom is -0.468 e. The highest BCUT2D eigenvalue weighted by Crippen LogP contribution is 2.30. The lowest BCUT2D eigenvalue weighted by molar-refractivity contribution is -0.147. The van der Waals surface area contributed by atoms with E-state index in [0.29, 0.717) is 6.42 Å². The van der Waals surface area contributed by atoms with Crippen molar-refractivity contribution in [1.29, 1.82) is 0 Å². The molecule has 3 nitrogen and oxygen atoms in total. The van der Waals surface area contributed by atoms with Crippen molar-refractivity contribution in [3.63, 3.8) is 0 Å². The minimum absolute atomic E-state index is 0.247. The van der Waals surface area contributed by atoms with Gasteiger partial charge >= 0.3 is 5.97 Å². The van der Waals surface area contributed by atoms with Crippen LogP contribution in [0.2, 0.25) is 0 Å². The molecule has 0 saturated carbocycles. The van der Waals surface area contributed by atoms with Crippen molar-refractivity contribution in [1.82, 2.24) is 0 Å². The zero-order valence-electron chi connectivity index (χ0n) is 11.2. The van der Waals surface area contributed by atoms with Gasteiger partial charge in [0.25, 0.3) is 0 Å². The fourth-order valence-corrected chi connectivity index (χ4v) is 2.56. The molecule has 0 saturated heterocycles. The van der Waals surface area contributed by atoms with E-state index < -0.39 is 5.41 Å². The normalized spacial score (nSPS) is 14.0. The Labute approximate surface area is 113 Å². The minimum atomic E-state index is -0.717. The fraction of sp³-hybridized carbons (Fsp3) is 0.500. The van der Waals surface area contributed by atoms with Crippen molar-refractivity contribution >= 4 is 17.7 Å².